The minimum absolute atomic E-state index is 0.0926. The first kappa shape index (κ1) is 7.88. The van der Waals surface area contributed by atoms with Crippen LogP contribution in [0.15, 0.2) is 0 Å². The summed E-state index contributed by atoms with van der Waals surface area (Å²) in [5.41, 5.74) is 0. The van der Waals surface area contributed by atoms with Crippen LogP contribution < -0.4 is 5.32 Å². The van der Waals surface area contributed by atoms with E-state index in [0.29, 0.717) is 5.37 Å². The van der Waals surface area contributed by atoms with Crippen LogP contribution in [-0.2, 0) is 9.53 Å². The maximum absolute atomic E-state index is 10.9. The van der Waals surface area contributed by atoms with Crippen molar-refractivity contribution >= 4 is 17.7 Å². The summed E-state index contributed by atoms with van der Waals surface area (Å²) in [7, 11) is 1.41. The topological polar surface area (TPSA) is 38.3 Å². The molecular formula is C6H11NO2S. The Morgan fingerprint density at radius 1 is 1.80 bits per heavy atom. The van der Waals surface area contributed by atoms with Gasteiger partial charge in [-0.2, -0.15) is 0 Å². The standard InChI is InChI=1S/C6H11NO2S/c1-4-7-5(3-10-4)6(8)9-2/h4-5,7H,3H2,1-2H3/t4?,5-/m0/s1. The van der Waals surface area contributed by atoms with Crippen LogP contribution in [0.1, 0.15) is 6.92 Å². The number of nitrogens with one attached hydrogen (secondary N) is 1. The normalized spacial score (nSPS) is 32.2. The van der Waals surface area contributed by atoms with Crippen molar-refractivity contribution in [2.75, 3.05) is 12.9 Å². The van der Waals surface area contributed by atoms with Crippen molar-refractivity contribution in [1.82, 2.24) is 5.32 Å². The summed E-state index contributed by atoms with van der Waals surface area (Å²) < 4.78 is 4.57. The minimum Gasteiger partial charge on any atom is -0.468 e. The molecule has 0 spiro atoms. The quantitative estimate of drug-likeness (QED) is 0.558. The summed E-state index contributed by atoms with van der Waals surface area (Å²) in [6, 6.07) is -0.0926. The van der Waals surface area contributed by atoms with E-state index < -0.39 is 0 Å². The van der Waals surface area contributed by atoms with Crippen LogP contribution in [0.3, 0.4) is 0 Å². The van der Waals surface area contributed by atoms with Crippen molar-refractivity contribution in [3.05, 3.63) is 0 Å². The first-order valence-electron chi connectivity index (χ1n) is 3.19. The molecule has 1 rings (SSSR count). The Labute approximate surface area is 64.5 Å². The zero-order valence-corrected chi connectivity index (χ0v) is 6.90. The molecule has 0 saturated carbocycles. The van der Waals surface area contributed by atoms with Crippen molar-refractivity contribution < 1.29 is 9.53 Å². The van der Waals surface area contributed by atoms with Gasteiger partial charge in [0.1, 0.15) is 6.04 Å². The molecule has 0 aliphatic carbocycles. The van der Waals surface area contributed by atoms with Crippen molar-refractivity contribution in [2.45, 2.75) is 18.3 Å². The zero-order chi connectivity index (χ0) is 7.56. The SMILES string of the molecule is COC(=O)[C@@H]1CSC(C)N1. The Kier molecular flexibility index (Phi) is 2.56. The van der Waals surface area contributed by atoms with Crippen molar-refractivity contribution in [2.24, 2.45) is 0 Å². The van der Waals surface area contributed by atoms with Gasteiger partial charge >= 0.3 is 5.97 Å². The Balaban J connectivity index is 2.37. The Bertz CT molecular complexity index is 140. The lowest BCUT2D eigenvalue weighted by Crippen LogP contribution is -2.36. The van der Waals surface area contributed by atoms with E-state index in [1.807, 2.05) is 6.92 Å². The lowest BCUT2D eigenvalue weighted by Gasteiger charge is -2.06. The van der Waals surface area contributed by atoms with Crippen LogP contribution in [0.25, 0.3) is 0 Å². The first-order valence-corrected chi connectivity index (χ1v) is 4.24. The predicted molar refractivity (Wildman–Crippen MR) is 40.9 cm³/mol. The van der Waals surface area contributed by atoms with Gasteiger partial charge in [0.15, 0.2) is 0 Å². The second-order valence-electron chi connectivity index (χ2n) is 2.22. The van der Waals surface area contributed by atoms with E-state index in [1.54, 1.807) is 11.8 Å². The monoisotopic (exact) mass is 161 g/mol. The highest BCUT2D eigenvalue weighted by Crippen LogP contribution is 2.17. The molecule has 0 bridgehead atoms. The maximum atomic E-state index is 10.9. The van der Waals surface area contributed by atoms with E-state index in [9.17, 15) is 4.79 Å². The highest BCUT2D eigenvalue weighted by Gasteiger charge is 2.27. The predicted octanol–water partition coefficient (Wildman–Crippen LogP) is 0.210. The second kappa shape index (κ2) is 3.25. The van der Waals surface area contributed by atoms with Gasteiger partial charge in [-0.15, -0.1) is 11.8 Å². The Hall–Kier alpha value is -0.220. The van der Waals surface area contributed by atoms with Gasteiger partial charge in [-0.05, 0) is 6.92 Å². The first-order chi connectivity index (χ1) is 4.74. The van der Waals surface area contributed by atoms with Gasteiger partial charge < -0.3 is 4.74 Å². The van der Waals surface area contributed by atoms with Crippen LogP contribution in [0.5, 0.6) is 0 Å². The summed E-state index contributed by atoms with van der Waals surface area (Å²) in [5.74, 6) is 0.672. The molecule has 0 amide bonds. The minimum atomic E-state index is -0.156. The van der Waals surface area contributed by atoms with Gasteiger partial charge in [0.05, 0.1) is 12.5 Å². The van der Waals surface area contributed by atoms with Crippen molar-refractivity contribution in [3.8, 4) is 0 Å². The maximum Gasteiger partial charge on any atom is 0.323 e. The highest BCUT2D eigenvalue weighted by atomic mass is 32.2. The van der Waals surface area contributed by atoms with Crippen LogP contribution in [0.4, 0.5) is 0 Å². The smallest absolute Gasteiger partial charge is 0.323 e. The zero-order valence-electron chi connectivity index (χ0n) is 6.09. The van der Waals surface area contributed by atoms with Crippen LogP contribution in [-0.4, -0.2) is 30.2 Å². The molecule has 4 heteroatoms. The molecular weight excluding hydrogens is 150 g/mol. The number of ether oxygens (including phenoxy) is 1. The molecule has 1 aliphatic heterocycles. The molecule has 3 nitrogen and oxygen atoms in total. The van der Waals surface area contributed by atoms with E-state index in [2.05, 4.69) is 10.1 Å². The lowest BCUT2D eigenvalue weighted by molar-refractivity contribution is -0.142. The molecule has 1 heterocycles. The molecule has 2 atom stereocenters. The average molecular weight is 161 g/mol. The van der Waals surface area contributed by atoms with E-state index in [4.69, 9.17) is 0 Å². The van der Waals surface area contributed by atoms with Crippen LogP contribution in [0.2, 0.25) is 0 Å². The van der Waals surface area contributed by atoms with Gasteiger partial charge in [-0.25, -0.2) is 0 Å². The summed E-state index contributed by atoms with van der Waals surface area (Å²) >= 11 is 1.74. The largest absolute Gasteiger partial charge is 0.468 e. The average Bonchev–Trinajstić information content (AvgIpc) is 2.34. The molecule has 1 unspecified atom stereocenters. The van der Waals surface area contributed by atoms with Crippen LogP contribution >= 0.6 is 11.8 Å². The van der Waals surface area contributed by atoms with E-state index in [0.717, 1.165) is 5.75 Å². The third kappa shape index (κ3) is 1.64. The Morgan fingerprint density at radius 2 is 2.50 bits per heavy atom. The fraction of sp³-hybridized carbons (Fsp3) is 0.833. The van der Waals surface area contributed by atoms with Gasteiger partial charge in [-0.1, -0.05) is 0 Å². The number of methoxy groups -OCH3 is 1. The number of rotatable bonds is 1. The summed E-state index contributed by atoms with van der Waals surface area (Å²) in [4.78, 5) is 10.9. The van der Waals surface area contributed by atoms with Crippen LogP contribution in [0, 0.1) is 0 Å². The second-order valence-corrected chi connectivity index (χ2v) is 3.59. The number of hydrogen-bond donors (Lipinski definition) is 1. The molecule has 10 heavy (non-hydrogen) atoms. The number of carbonyl (C=O) groups excluding carboxylic acids is 1. The van der Waals surface area contributed by atoms with Gasteiger partial charge in [0.25, 0.3) is 0 Å². The Morgan fingerprint density at radius 3 is 2.90 bits per heavy atom. The number of esters is 1. The summed E-state index contributed by atoms with van der Waals surface area (Å²) in [6.07, 6.45) is 0. The number of hydrogen-bond acceptors (Lipinski definition) is 4. The van der Waals surface area contributed by atoms with Crippen molar-refractivity contribution in [3.63, 3.8) is 0 Å². The third-order valence-electron chi connectivity index (χ3n) is 1.43. The lowest BCUT2D eigenvalue weighted by atomic mass is 10.3. The summed E-state index contributed by atoms with van der Waals surface area (Å²) in [6.45, 7) is 2.04. The fourth-order valence-electron chi connectivity index (χ4n) is 0.898. The highest BCUT2D eigenvalue weighted by molar-refractivity contribution is 8.00. The molecule has 0 aromatic heterocycles. The van der Waals surface area contributed by atoms with Gasteiger partial charge in [0.2, 0.25) is 0 Å². The molecule has 0 aromatic rings. The van der Waals surface area contributed by atoms with E-state index >= 15 is 0 Å². The van der Waals surface area contributed by atoms with Gasteiger partial charge in [-0.3, -0.25) is 10.1 Å². The molecule has 0 radical (unpaired) electrons. The van der Waals surface area contributed by atoms with E-state index in [1.165, 1.54) is 7.11 Å². The molecule has 1 fully saturated rings. The van der Waals surface area contributed by atoms with Gasteiger partial charge in [0, 0.05) is 5.75 Å². The van der Waals surface area contributed by atoms with E-state index in [-0.39, 0.29) is 12.0 Å². The molecule has 0 aromatic carbocycles. The molecule has 1 aliphatic rings. The third-order valence-corrected chi connectivity index (χ3v) is 2.60. The molecule has 1 N–H and O–H groups in total. The fourth-order valence-corrected chi connectivity index (χ4v) is 1.87. The number of thioether (sulfide) groups is 1. The number of carbonyl (C=O) groups is 1. The van der Waals surface area contributed by atoms with Crippen molar-refractivity contribution in [1.29, 1.82) is 0 Å². The molecule has 58 valence electrons. The molecule has 1 saturated heterocycles. The summed E-state index contributed by atoms with van der Waals surface area (Å²) in [5, 5.41) is 3.47.